The van der Waals surface area contributed by atoms with Gasteiger partial charge in [-0.05, 0) is 72.5 Å². The van der Waals surface area contributed by atoms with Crippen molar-refractivity contribution in [3.05, 3.63) is 174 Å². The number of pyridine rings is 1. The Morgan fingerprint density at radius 2 is 1.00 bits per heavy atom. The normalized spacial score (nSPS) is 12.4. The zero-order valence-electron chi connectivity index (χ0n) is 26.6. The van der Waals surface area contributed by atoms with Crippen LogP contribution in [0.5, 0.6) is 0 Å². The van der Waals surface area contributed by atoms with Gasteiger partial charge in [0.1, 0.15) is 11.6 Å². The third kappa shape index (κ3) is 4.35. The third-order valence-corrected chi connectivity index (χ3v) is 10.2. The molecule has 49 heavy (non-hydrogen) atoms. The number of para-hydroxylation sites is 4. The Bertz CT molecular complexity index is 2550. The molecule has 0 spiro atoms. The number of rotatable bonds is 5. The maximum Gasteiger partial charge on any atom is 0.216 e. The Kier molecular flexibility index (Phi) is 6.13. The number of aromatic nitrogens is 3. The first kappa shape index (κ1) is 28.0. The summed E-state index contributed by atoms with van der Waals surface area (Å²) < 4.78 is 35.7. The lowest BCUT2D eigenvalue weighted by Crippen LogP contribution is -2.31. The standard InChI is InChI=1S/C44H30F2N3/c45-31-24-30-27-47-20-19-28(23-43(47)44(30)38(46)25-31)17-18-29-21-32(48-39-13-5-1-9-34(39)35-10-2-6-14-40(35)48)26-33(22-29)49-41-15-7-3-11-36(41)37-12-4-8-16-42(37)49/h1-16,19-26H,17-18,27H2/q+1. The van der Waals surface area contributed by atoms with Crippen LogP contribution in [0.2, 0.25) is 0 Å². The van der Waals surface area contributed by atoms with Gasteiger partial charge in [0.2, 0.25) is 5.69 Å². The summed E-state index contributed by atoms with van der Waals surface area (Å²) in [6.45, 7) is 0.475. The molecule has 234 valence electrons. The number of hydrogen-bond acceptors (Lipinski definition) is 0. The van der Waals surface area contributed by atoms with Crippen LogP contribution in [0.3, 0.4) is 0 Å². The van der Waals surface area contributed by atoms with Gasteiger partial charge in [-0.3, -0.25) is 0 Å². The molecule has 1 aliphatic rings. The quantitative estimate of drug-likeness (QED) is 0.167. The van der Waals surface area contributed by atoms with Crippen LogP contribution >= 0.6 is 0 Å². The average molecular weight is 639 g/mol. The first-order chi connectivity index (χ1) is 24.1. The molecule has 0 atom stereocenters. The van der Waals surface area contributed by atoms with Gasteiger partial charge in [0.15, 0.2) is 12.7 Å². The molecule has 0 unspecified atom stereocenters. The molecule has 0 saturated heterocycles. The second-order valence-corrected chi connectivity index (χ2v) is 13.1. The second kappa shape index (κ2) is 10.7. The van der Waals surface area contributed by atoms with Gasteiger partial charge in [-0.15, -0.1) is 0 Å². The molecule has 3 nitrogen and oxygen atoms in total. The van der Waals surface area contributed by atoms with Crippen LogP contribution in [0.25, 0.3) is 66.2 Å². The molecule has 1 aliphatic heterocycles. The average Bonchev–Trinajstić information content (AvgIpc) is 3.78. The van der Waals surface area contributed by atoms with Crippen LogP contribution in [0, 0.1) is 11.6 Å². The van der Waals surface area contributed by atoms with Gasteiger partial charge in [0, 0.05) is 56.7 Å². The number of halogens is 2. The van der Waals surface area contributed by atoms with E-state index in [2.05, 4.69) is 137 Å². The highest BCUT2D eigenvalue weighted by molar-refractivity contribution is 6.10. The minimum Gasteiger partial charge on any atom is -0.309 e. The fourth-order valence-corrected chi connectivity index (χ4v) is 8.05. The summed E-state index contributed by atoms with van der Waals surface area (Å²) in [4.78, 5) is 0. The minimum atomic E-state index is -0.535. The molecular formula is C44H30F2N3+. The first-order valence-corrected chi connectivity index (χ1v) is 16.7. The highest BCUT2D eigenvalue weighted by Crippen LogP contribution is 2.36. The summed E-state index contributed by atoms with van der Waals surface area (Å²) in [6, 6.07) is 48.0. The topological polar surface area (TPSA) is 13.7 Å². The van der Waals surface area contributed by atoms with Gasteiger partial charge in [-0.1, -0.05) is 72.8 Å². The van der Waals surface area contributed by atoms with Crippen LogP contribution < -0.4 is 4.57 Å². The molecule has 6 aromatic carbocycles. The SMILES string of the molecule is Fc1cc(F)c2c(c1)C[n+]1ccc(CCc3cc(-n4c5ccccc5c5ccccc54)cc(-n4c5ccccc5c5ccccc54)c3)cc1-2. The number of hydrogen-bond donors (Lipinski definition) is 0. The molecule has 0 radical (unpaired) electrons. The summed E-state index contributed by atoms with van der Waals surface area (Å²) in [6.07, 6.45) is 3.56. The molecular weight excluding hydrogens is 609 g/mol. The second-order valence-electron chi connectivity index (χ2n) is 13.1. The van der Waals surface area contributed by atoms with E-state index in [1.165, 1.54) is 55.2 Å². The van der Waals surface area contributed by atoms with Gasteiger partial charge in [0.05, 0.1) is 27.6 Å². The highest BCUT2D eigenvalue weighted by Gasteiger charge is 2.30. The molecule has 10 rings (SSSR count). The summed E-state index contributed by atoms with van der Waals surface area (Å²) >= 11 is 0. The molecule has 3 aromatic heterocycles. The van der Waals surface area contributed by atoms with Crippen LogP contribution in [0.1, 0.15) is 16.7 Å². The molecule has 0 saturated carbocycles. The third-order valence-electron chi connectivity index (χ3n) is 10.2. The maximum absolute atomic E-state index is 15.0. The maximum atomic E-state index is 15.0. The van der Waals surface area contributed by atoms with Crippen LogP contribution in [0.15, 0.2) is 146 Å². The first-order valence-electron chi connectivity index (χ1n) is 16.7. The van der Waals surface area contributed by atoms with E-state index in [1.807, 2.05) is 10.8 Å². The summed E-state index contributed by atoms with van der Waals surface area (Å²) in [5.74, 6) is -1.04. The van der Waals surface area contributed by atoms with E-state index in [9.17, 15) is 8.78 Å². The summed E-state index contributed by atoms with van der Waals surface area (Å²) in [5.41, 5.74) is 11.2. The van der Waals surface area contributed by atoms with Crippen LogP contribution in [-0.4, -0.2) is 9.13 Å². The van der Waals surface area contributed by atoms with Gasteiger partial charge < -0.3 is 9.13 Å². The molecule has 4 heterocycles. The predicted octanol–water partition coefficient (Wildman–Crippen LogP) is 10.3. The number of nitrogens with zero attached hydrogens (tertiary/aromatic N) is 3. The van der Waals surface area contributed by atoms with Crippen molar-refractivity contribution in [2.24, 2.45) is 0 Å². The van der Waals surface area contributed by atoms with Gasteiger partial charge in [-0.2, -0.15) is 4.57 Å². The lowest BCUT2D eigenvalue weighted by molar-refractivity contribution is -0.672. The fourth-order valence-electron chi connectivity index (χ4n) is 8.05. The number of benzene rings is 6. The monoisotopic (exact) mass is 638 g/mol. The van der Waals surface area contributed by atoms with Gasteiger partial charge in [0.25, 0.3) is 0 Å². The Morgan fingerprint density at radius 1 is 0.510 bits per heavy atom. The van der Waals surface area contributed by atoms with E-state index in [1.54, 1.807) is 0 Å². The van der Waals surface area contributed by atoms with Crippen molar-refractivity contribution in [1.82, 2.24) is 9.13 Å². The van der Waals surface area contributed by atoms with E-state index in [-0.39, 0.29) is 0 Å². The fraction of sp³-hybridized carbons (Fsp3) is 0.0682. The van der Waals surface area contributed by atoms with Crippen molar-refractivity contribution in [3.8, 4) is 22.6 Å². The lowest BCUT2D eigenvalue weighted by Gasteiger charge is -2.16. The van der Waals surface area contributed by atoms with E-state index < -0.39 is 11.6 Å². The van der Waals surface area contributed by atoms with E-state index in [0.717, 1.165) is 41.5 Å². The molecule has 5 heteroatoms. The van der Waals surface area contributed by atoms with Gasteiger partial charge in [-0.25, -0.2) is 8.78 Å². The van der Waals surface area contributed by atoms with Crippen molar-refractivity contribution < 1.29 is 13.3 Å². The van der Waals surface area contributed by atoms with E-state index in [4.69, 9.17) is 0 Å². The smallest absolute Gasteiger partial charge is 0.216 e. The number of aryl methyl sites for hydroxylation is 2. The molecule has 0 aliphatic carbocycles. The van der Waals surface area contributed by atoms with Crippen molar-refractivity contribution >= 4 is 43.6 Å². The lowest BCUT2D eigenvalue weighted by atomic mass is 10.0. The molecule has 9 aromatic rings. The zero-order valence-corrected chi connectivity index (χ0v) is 26.6. The van der Waals surface area contributed by atoms with Crippen LogP contribution in [0.4, 0.5) is 8.78 Å². The molecule has 0 bridgehead atoms. The molecule has 0 fully saturated rings. The zero-order chi connectivity index (χ0) is 32.6. The summed E-state index contributed by atoms with van der Waals surface area (Å²) in [5, 5.41) is 4.91. The van der Waals surface area contributed by atoms with Gasteiger partial charge >= 0.3 is 0 Å². The predicted molar refractivity (Wildman–Crippen MR) is 194 cm³/mol. The number of fused-ring (bicyclic) bond motifs is 9. The van der Waals surface area contributed by atoms with Crippen LogP contribution in [-0.2, 0) is 19.4 Å². The van der Waals surface area contributed by atoms with Crippen molar-refractivity contribution in [1.29, 1.82) is 0 Å². The summed E-state index contributed by atoms with van der Waals surface area (Å²) in [7, 11) is 0. The van der Waals surface area contributed by atoms with Crippen molar-refractivity contribution in [2.45, 2.75) is 19.4 Å². The highest BCUT2D eigenvalue weighted by atomic mass is 19.1. The Morgan fingerprint density at radius 3 is 1.53 bits per heavy atom. The Balaban J connectivity index is 1.14. The van der Waals surface area contributed by atoms with Crippen molar-refractivity contribution in [3.63, 3.8) is 0 Å². The van der Waals surface area contributed by atoms with E-state index >= 15 is 0 Å². The molecule has 0 amide bonds. The Labute approximate surface area is 281 Å². The van der Waals surface area contributed by atoms with Crippen molar-refractivity contribution in [2.75, 3.05) is 0 Å². The Hall–Kier alpha value is -6.07. The molecule has 0 N–H and O–H groups in total. The van der Waals surface area contributed by atoms with E-state index in [0.29, 0.717) is 17.7 Å². The largest absolute Gasteiger partial charge is 0.309 e. The minimum absolute atomic E-state index is 0.475.